The van der Waals surface area contributed by atoms with Crippen LogP contribution in [0.5, 0.6) is 0 Å². The third-order valence-electron chi connectivity index (χ3n) is 5.05. The Labute approximate surface area is 152 Å². The number of hydrogen-bond acceptors (Lipinski definition) is 5. The SMILES string of the molecule is O=C(c1ccc(F)cc1)N1CCN(c2ccc(N3CCCC3)nn2)CC1. The maximum absolute atomic E-state index is 13.0. The molecular formula is C19H22FN5O. The molecule has 0 aliphatic carbocycles. The van der Waals surface area contributed by atoms with Crippen molar-refractivity contribution in [1.29, 1.82) is 0 Å². The second-order valence-electron chi connectivity index (χ2n) is 6.73. The number of nitrogens with zero attached hydrogens (tertiary/aromatic N) is 5. The highest BCUT2D eigenvalue weighted by Crippen LogP contribution is 2.20. The van der Waals surface area contributed by atoms with E-state index in [9.17, 15) is 9.18 Å². The molecule has 1 aromatic carbocycles. The van der Waals surface area contributed by atoms with Crippen LogP contribution in [-0.2, 0) is 0 Å². The molecule has 26 heavy (non-hydrogen) atoms. The van der Waals surface area contributed by atoms with Gasteiger partial charge < -0.3 is 14.7 Å². The predicted octanol–water partition coefficient (Wildman–Crippen LogP) is 2.18. The van der Waals surface area contributed by atoms with Crippen molar-refractivity contribution in [2.24, 2.45) is 0 Å². The van der Waals surface area contributed by atoms with Crippen LogP contribution in [0.4, 0.5) is 16.0 Å². The van der Waals surface area contributed by atoms with Crippen LogP contribution in [0.1, 0.15) is 23.2 Å². The summed E-state index contributed by atoms with van der Waals surface area (Å²) in [5.74, 6) is 1.40. The van der Waals surface area contributed by atoms with Crippen molar-refractivity contribution in [3.63, 3.8) is 0 Å². The molecule has 7 heteroatoms. The Hall–Kier alpha value is -2.70. The lowest BCUT2D eigenvalue weighted by Gasteiger charge is -2.35. The maximum Gasteiger partial charge on any atom is 0.253 e. The average molecular weight is 355 g/mol. The summed E-state index contributed by atoms with van der Waals surface area (Å²) in [5.41, 5.74) is 0.523. The van der Waals surface area contributed by atoms with Gasteiger partial charge in [-0.25, -0.2) is 4.39 Å². The van der Waals surface area contributed by atoms with Crippen LogP contribution in [0.3, 0.4) is 0 Å². The summed E-state index contributed by atoms with van der Waals surface area (Å²) in [7, 11) is 0. The number of piperazine rings is 1. The highest BCUT2D eigenvalue weighted by Gasteiger charge is 2.23. The first-order chi connectivity index (χ1) is 12.7. The highest BCUT2D eigenvalue weighted by molar-refractivity contribution is 5.94. The van der Waals surface area contributed by atoms with Crippen LogP contribution in [0.15, 0.2) is 36.4 Å². The first-order valence-corrected chi connectivity index (χ1v) is 9.09. The molecule has 2 aliphatic rings. The molecule has 2 fully saturated rings. The van der Waals surface area contributed by atoms with Crippen molar-refractivity contribution in [3.05, 3.63) is 47.8 Å². The molecule has 0 spiro atoms. The maximum atomic E-state index is 13.0. The number of anilines is 2. The molecule has 0 atom stereocenters. The van der Waals surface area contributed by atoms with Gasteiger partial charge in [-0.15, -0.1) is 10.2 Å². The van der Waals surface area contributed by atoms with E-state index in [0.29, 0.717) is 31.7 Å². The number of rotatable bonds is 3. The molecule has 2 aliphatic heterocycles. The van der Waals surface area contributed by atoms with Gasteiger partial charge in [-0.2, -0.15) is 0 Å². The Morgan fingerprint density at radius 1 is 0.769 bits per heavy atom. The monoisotopic (exact) mass is 355 g/mol. The number of carbonyl (C=O) groups is 1. The summed E-state index contributed by atoms with van der Waals surface area (Å²) in [6, 6.07) is 9.75. The second-order valence-corrected chi connectivity index (χ2v) is 6.73. The fourth-order valence-corrected chi connectivity index (χ4v) is 3.52. The molecule has 0 saturated carbocycles. The van der Waals surface area contributed by atoms with E-state index in [-0.39, 0.29) is 11.7 Å². The number of benzene rings is 1. The molecule has 0 bridgehead atoms. The second kappa shape index (κ2) is 7.27. The lowest BCUT2D eigenvalue weighted by Crippen LogP contribution is -2.49. The third kappa shape index (κ3) is 3.47. The number of amides is 1. The molecule has 3 heterocycles. The van der Waals surface area contributed by atoms with E-state index in [0.717, 1.165) is 24.7 Å². The molecular weight excluding hydrogens is 333 g/mol. The summed E-state index contributed by atoms with van der Waals surface area (Å²) < 4.78 is 13.0. The van der Waals surface area contributed by atoms with Gasteiger partial charge >= 0.3 is 0 Å². The summed E-state index contributed by atoms with van der Waals surface area (Å²) in [6.07, 6.45) is 2.43. The molecule has 0 unspecified atom stereocenters. The number of hydrogen-bond donors (Lipinski definition) is 0. The molecule has 2 saturated heterocycles. The third-order valence-corrected chi connectivity index (χ3v) is 5.05. The van der Waals surface area contributed by atoms with Crippen LogP contribution < -0.4 is 9.80 Å². The van der Waals surface area contributed by atoms with Crippen LogP contribution in [-0.4, -0.2) is 60.3 Å². The van der Waals surface area contributed by atoms with E-state index in [4.69, 9.17) is 0 Å². The first kappa shape index (κ1) is 16.8. The van der Waals surface area contributed by atoms with Gasteiger partial charge in [-0.1, -0.05) is 0 Å². The zero-order chi connectivity index (χ0) is 17.9. The zero-order valence-electron chi connectivity index (χ0n) is 14.6. The van der Waals surface area contributed by atoms with E-state index in [2.05, 4.69) is 20.0 Å². The van der Waals surface area contributed by atoms with Crippen LogP contribution in [0, 0.1) is 5.82 Å². The molecule has 6 nitrogen and oxygen atoms in total. The Balaban J connectivity index is 1.35. The quantitative estimate of drug-likeness (QED) is 0.845. The lowest BCUT2D eigenvalue weighted by molar-refractivity contribution is 0.0746. The summed E-state index contributed by atoms with van der Waals surface area (Å²) in [6.45, 7) is 4.77. The molecule has 1 amide bonds. The van der Waals surface area contributed by atoms with Crippen LogP contribution in [0.2, 0.25) is 0 Å². The van der Waals surface area contributed by atoms with Gasteiger partial charge in [0, 0.05) is 44.8 Å². The van der Waals surface area contributed by atoms with Gasteiger partial charge in [0.05, 0.1) is 0 Å². The summed E-state index contributed by atoms with van der Waals surface area (Å²) in [5, 5.41) is 8.74. The Morgan fingerprint density at radius 2 is 1.31 bits per heavy atom. The van der Waals surface area contributed by atoms with Gasteiger partial charge in [0.1, 0.15) is 5.82 Å². The molecule has 4 rings (SSSR count). The number of aromatic nitrogens is 2. The predicted molar refractivity (Wildman–Crippen MR) is 98.0 cm³/mol. The molecule has 0 radical (unpaired) electrons. The Morgan fingerprint density at radius 3 is 1.85 bits per heavy atom. The Bertz CT molecular complexity index is 751. The van der Waals surface area contributed by atoms with E-state index < -0.39 is 0 Å². The fraction of sp³-hybridized carbons (Fsp3) is 0.421. The smallest absolute Gasteiger partial charge is 0.253 e. The first-order valence-electron chi connectivity index (χ1n) is 9.09. The number of halogens is 1. The van der Waals surface area contributed by atoms with Gasteiger partial charge in [0.15, 0.2) is 11.6 Å². The Kier molecular flexibility index (Phi) is 4.69. The summed E-state index contributed by atoms with van der Waals surface area (Å²) >= 11 is 0. The van der Waals surface area contributed by atoms with Gasteiger partial charge in [0.25, 0.3) is 5.91 Å². The minimum atomic E-state index is -0.331. The fourth-order valence-electron chi connectivity index (χ4n) is 3.52. The molecule has 2 aromatic rings. The van der Waals surface area contributed by atoms with Crippen molar-refractivity contribution in [2.45, 2.75) is 12.8 Å². The van der Waals surface area contributed by atoms with E-state index in [1.807, 2.05) is 12.1 Å². The summed E-state index contributed by atoms with van der Waals surface area (Å²) in [4.78, 5) is 18.7. The van der Waals surface area contributed by atoms with Crippen molar-refractivity contribution >= 4 is 17.5 Å². The highest BCUT2D eigenvalue weighted by atomic mass is 19.1. The topological polar surface area (TPSA) is 52.6 Å². The van der Waals surface area contributed by atoms with Gasteiger partial charge in [-0.3, -0.25) is 4.79 Å². The minimum Gasteiger partial charge on any atom is -0.355 e. The van der Waals surface area contributed by atoms with Crippen molar-refractivity contribution < 1.29 is 9.18 Å². The van der Waals surface area contributed by atoms with Crippen LogP contribution >= 0.6 is 0 Å². The number of carbonyl (C=O) groups excluding carboxylic acids is 1. The van der Waals surface area contributed by atoms with Crippen molar-refractivity contribution in [3.8, 4) is 0 Å². The van der Waals surface area contributed by atoms with E-state index in [1.54, 1.807) is 4.90 Å². The average Bonchev–Trinajstić information content (AvgIpc) is 3.23. The van der Waals surface area contributed by atoms with Crippen LogP contribution in [0.25, 0.3) is 0 Å². The zero-order valence-corrected chi connectivity index (χ0v) is 14.6. The lowest BCUT2D eigenvalue weighted by atomic mass is 10.2. The minimum absolute atomic E-state index is 0.0554. The molecule has 1 aromatic heterocycles. The largest absolute Gasteiger partial charge is 0.355 e. The molecule has 136 valence electrons. The standard InChI is InChI=1S/C19H22FN5O/c20-16-5-3-15(4-6-16)19(26)25-13-11-24(12-14-25)18-8-7-17(21-22-18)23-9-1-2-10-23/h3-8H,1-2,9-14H2. The van der Waals surface area contributed by atoms with E-state index >= 15 is 0 Å². The van der Waals surface area contributed by atoms with Gasteiger partial charge in [-0.05, 0) is 49.2 Å². The molecule has 0 N–H and O–H groups in total. The van der Waals surface area contributed by atoms with E-state index in [1.165, 1.54) is 37.1 Å². The van der Waals surface area contributed by atoms with Crippen molar-refractivity contribution in [1.82, 2.24) is 15.1 Å². The van der Waals surface area contributed by atoms with Crippen molar-refractivity contribution in [2.75, 3.05) is 49.1 Å². The van der Waals surface area contributed by atoms with Gasteiger partial charge in [0.2, 0.25) is 0 Å². The normalized spacial score (nSPS) is 17.7.